The van der Waals surface area contributed by atoms with E-state index in [2.05, 4.69) is 16.9 Å². The average molecular weight is 491 g/mol. The highest BCUT2D eigenvalue weighted by Crippen LogP contribution is 2.46. The van der Waals surface area contributed by atoms with Crippen LogP contribution in [-0.4, -0.2) is 6.11 Å². The second-order valence-corrected chi connectivity index (χ2v) is 9.43. The van der Waals surface area contributed by atoms with Gasteiger partial charge in [-0.2, -0.15) is 22.0 Å². The summed E-state index contributed by atoms with van der Waals surface area (Å²) >= 11 is 0. The van der Waals surface area contributed by atoms with Crippen LogP contribution in [0.5, 0.6) is 11.5 Å². The summed E-state index contributed by atoms with van der Waals surface area (Å²) in [5, 5.41) is 0. The zero-order valence-electron chi connectivity index (χ0n) is 19.4. The Labute approximate surface area is 197 Å². The molecule has 0 unspecified atom stereocenters. The molecule has 1 aromatic rings. The lowest BCUT2D eigenvalue weighted by molar-refractivity contribution is -0.224. The minimum atomic E-state index is -3.50. The molecule has 3 rings (SSSR count). The van der Waals surface area contributed by atoms with Gasteiger partial charge in [0.05, 0.1) is 5.92 Å². The fourth-order valence-electron chi connectivity index (χ4n) is 5.38. The smallest absolute Gasteiger partial charge is 0.400 e. The molecule has 8 heteroatoms. The van der Waals surface area contributed by atoms with Gasteiger partial charge in [0.2, 0.25) is 0 Å². The summed E-state index contributed by atoms with van der Waals surface area (Å²) in [6, 6.07) is 0.0369. The van der Waals surface area contributed by atoms with Crippen LogP contribution in [-0.2, 0) is 0 Å². The number of hydrogen-bond donors (Lipinski definition) is 0. The van der Waals surface area contributed by atoms with Crippen molar-refractivity contribution in [3.05, 3.63) is 48.3 Å². The zero-order chi connectivity index (χ0) is 24.7. The van der Waals surface area contributed by atoms with Crippen LogP contribution in [0.4, 0.5) is 26.3 Å². The minimum Gasteiger partial charge on any atom is -0.432 e. The molecular formula is C26H32F6O2. The molecule has 2 fully saturated rings. The largest absolute Gasteiger partial charge is 0.432 e. The van der Waals surface area contributed by atoms with Crippen molar-refractivity contribution in [3.63, 3.8) is 0 Å². The molecule has 0 atom stereocenters. The third kappa shape index (κ3) is 7.19. The first-order chi connectivity index (χ1) is 16.2. The summed E-state index contributed by atoms with van der Waals surface area (Å²) in [7, 11) is 0. The molecule has 0 bridgehead atoms. The lowest BCUT2D eigenvalue weighted by Crippen LogP contribution is -2.38. The normalized spacial score (nSPS) is 25.9. The van der Waals surface area contributed by atoms with Crippen molar-refractivity contribution >= 4 is 0 Å². The van der Waals surface area contributed by atoms with Crippen LogP contribution < -0.4 is 9.47 Å². The standard InChI is InChI=1S/C26H32F6O2/c1-2-3-4-5-17-6-8-18(9-7-17)19-10-12-20(13-11-19)26(31,32)34-21-14-15-23(22(27)16-21)33-25(30)24(28)29/h2-3,14-20H,4-13H2,1H3. The van der Waals surface area contributed by atoms with Gasteiger partial charge in [-0.3, -0.25) is 0 Å². The minimum absolute atomic E-state index is 0.328. The Morgan fingerprint density at radius 2 is 1.59 bits per heavy atom. The molecule has 0 aliphatic heterocycles. The van der Waals surface area contributed by atoms with Gasteiger partial charge in [0.1, 0.15) is 5.75 Å². The molecule has 0 N–H and O–H groups in total. The predicted molar refractivity (Wildman–Crippen MR) is 118 cm³/mol. The maximum atomic E-state index is 14.8. The monoisotopic (exact) mass is 490 g/mol. The highest BCUT2D eigenvalue weighted by Gasteiger charge is 2.45. The van der Waals surface area contributed by atoms with Crippen molar-refractivity contribution < 1.29 is 35.8 Å². The molecule has 1 aromatic carbocycles. The Morgan fingerprint density at radius 3 is 2.15 bits per heavy atom. The SMILES string of the molecule is CC=CCCC1CCC(C2CCC(C(F)(F)Oc3ccc(OC(F)=C(F)F)c(F)c3)CC2)CC1. The van der Waals surface area contributed by atoms with E-state index in [1.54, 1.807) is 0 Å². The van der Waals surface area contributed by atoms with E-state index in [0.29, 0.717) is 30.7 Å². The van der Waals surface area contributed by atoms with Gasteiger partial charge in [0.15, 0.2) is 11.6 Å². The van der Waals surface area contributed by atoms with Gasteiger partial charge in [-0.1, -0.05) is 25.0 Å². The lowest BCUT2D eigenvalue weighted by Gasteiger charge is -2.39. The van der Waals surface area contributed by atoms with Gasteiger partial charge in [-0.15, -0.1) is 0 Å². The van der Waals surface area contributed by atoms with E-state index in [0.717, 1.165) is 37.3 Å². The first kappa shape index (κ1) is 26.5. The molecule has 2 aliphatic rings. The van der Waals surface area contributed by atoms with E-state index in [1.165, 1.54) is 32.1 Å². The van der Waals surface area contributed by atoms with E-state index in [-0.39, 0.29) is 0 Å². The molecule has 2 nitrogen and oxygen atoms in total. The van der Waals surface area contributed by atoms with Crippen molar-refractivity contribution in [1.82, 2.24) is 0 Å². The third-order valence-electron chi connectivity index (χ3n) is 7.29. The van der Waals surface area contributed by atoms with E-state index in [1.807, 2.05) is 6.92 Å². The highest BCUT2D eigenvalue weighted by molar-refractivity contribution is 5.34. The molecule has 0 spiro atoms. The van der Waals surface area contributed by atoms with Gasteiger partial charge in [0, 0.05) is 6.07 Å². The molecule has 34 heavy (non-hydrogen) atoms. The summed E-state index contributed by atoms with van der Waals surface area (Å²) in [5.41, 5.74) is 0. The number of halogens is 6. The lowest BCUT2D eigenvalue weighted by atomic mass is 9.68. The van der Waals surface area contributed by atoms with Gasteiger partial charge in [0.25, 0.3) is 0 Å². The maximum Gasteiger partial charge on any atom is 0.400 e. The van der Waals surface area contributed by atoms with Crippen LogP contribution in [0.15, 0.2) is 42.4 Å². The van der Waals surface area contributed by atoms with Crippen LogP contribution in [0.25, 0.3) is 0 Å². The van der Waals surface area contributed by atoms with Crippen molar-refractivity contribution in [2.75, 3.05) is 0 Å². The second-order valence-electron chi connectivity index (χ2n) is 9.43. The van der Waals surface area contributed by atoms with Crippen LogP contribution in [0, 0.1) is 29.5 Å². The summed E-state index contributed by atoms with van der Waals surface area (Å²) in [6.07, 6.45) is 7.23. The van der Waals surface area contributed by atoms with E-state index >= 15 is 0 Å². The molecule has 2 saturated carbocycles. The first-order valence-electron chi connectivity index (χ1n) is 12.1. The van der Waals surface area contributed by atoms with Crippen LogP contribution in [0.1, 0.15) is 71.1 Å². The molecule has 0 saturated heterocycles. The van der Waals surface area contributed by atoms with Crippen molar-refractivity contribution in [2.24, 2.45) is 23.7 Å². The van der Waals surface area contributed by atoms with Crippen LogP contribution in [0.2, 0.25) is 0 Å². The Hall–Kier alpha value is -2.12. The van der Waals surface area contributed by atoms with Crippen molar-refractivity contribution in [1.29, 1.82) is 0 Å². The summed E-state index contributed by atoms with van der Waals surface area (Å²) in [5.74, 6) is -1.77. The van der Waals surface area contributed by atoms with E-state index < -0.39 is 41.4 Å². The highest BCUT2D eigenvalue weighted by atomic mass is 19.3. The number of hydrogen-bond acceptors (Lipinski definition) is 2. The quantitative estimate of drug-likeness (QED) is 0.195. The third-order valence-corrected chi connectivity index (χ3v) is 7.29. The van der Waals surface area contributed by atoms with Gasteiger partial charge in [-0.05, 0) is 88.2 Å². The fourth-order valence-corrected chi connectivity index (χ4v) is 5.38. The van der Waals surface area contributed by atoms with E-state index in [4.69, 9.17) is 4.74 Å². The predicted octanol–water partition coefficient (Wildman–Crippen LogP) is 9.18. The topological polar surface area (TPSA) is 18.5 Å². The number of ether oxygens (including phenoxy) is 2. The summed E-state index contributed by atoms with van der Waals surface area (Å²) in [4.78, 5) is 0. The summed E-state index contributed by atoms with van der Waals surface area (Å²) in [6.45, 7) is 2.03. The Bertz CT molecular complexity index is 849. The van der Waals surface area contributed by atoms with E-state index in [9.17, 15) is 26.3 Å². The molecule has 0 amide bonds. The molecule has 190 valence electrons. The first-order valence-corrected chi connectivity index (χ1v) is 12.1. The molecular weight excluding hydrogens is 458 g/mol. The maximum absolute atomic E-state index is 14.8. The number of alkyl halides is 2. The number of benzene rings is 1. The van der Waals surface area contributed by atoms with Crippen molar-refractivity contribution in [3.8, 4) is 11.5 Å². The number of rotatable bonds is 9. The molecule has 0 heterocycles. The van der Waals surface area contributed by atoms with Crippen LogP contribution in [0.3, 0.4) is 0 Å². The molecule has 0 aromatic heterocycles. The van der Waals surface area contributed by atoms with Crippen molar-refractivity contribution in [2.45, 2.75) is 77.2 Å². The second kappa shape index (κ2) is 12.0. The Morgan fingerprint density at radius 1 is 0.971 bits per heavy atom. The average Bonchev–Trinajstić information content (AvgIpc) is 2.81. The van der Waals surface area contributed by atoms with Gasteiger partial charge >= 0.3 is 18.2 Å². The van der Waals surface area contributed by atoms with Crippen LogP contribution >= 0.6 is 0 Å². The Balaban J connectivity index is 1.48. The Kier molecular flexibility index (Phi) is 9.37. The zero-order valence-corrected chi connectivity index (χ0v) is 19.4. The summed E-state index contributed by atoms with van der Waals surface area (Å²) < 4.78 is 89.4. The molecule has 2 aliphatic carbocycles. The fraction of sp³-hybridized carbons (Fsp3) is 0.615. The van der Waals surface area contributed by atoms with Gasteiger partial charge < -0.3 is 9.47 Å². The number of allylic oxidation sites excluding steroid dienone is 2. The molecule has 0 radical (unpaired) electrons. The van der Waals surface area contributed by atoms with Gasteiger partial charge in [-0.25, -0.2) is 4.39 Å².